The number of rotatable bonds is 4. The molecule has 3 heterocycles. The number of amides is 1. The van der Waals surface area contributed by atoms with E-state index in [9.17, 15) is 4.79 Å². The third-order valence-corrected chi connectivity index (χ3v) is 4.86. The highest BCUT2D eigenvalue weighted by atomic mass is 32.1. The minimum atomic E-state index is 0.0352. The van der Waals surface area contributed by atoms with E-state index in [2.05, 4.69) is 22.5 Å². The number of carbonyl (C=O) groups is 1. The Morgan fingerprint density at radius 2 is 2.41 bits per heavy atom. The predicted octanol–water partition coefficient (Wildman–Crippen LogP) is 2.51. The van der Waals surface area contributed by atoms with Crippen molar-refractivity contribution in [1.82, 2.24) is 15.6 Å². The van der Waals surface area contributed by atoms with Gasteiger partial charge in [0.15, 0.2) is 10.8 Å². The molecule has 2 aromatic heterocycles. The van der Waals surface area contributed by atoms with Crippen LogP contribution in [0.25, 0.3) is 10.8 Å². The number of thiazole rings is 1. The molecule has 118 valence electrons. The van der Waals surface area contributed by atoms with Gasteiger partial charge in [0.1, 0.15) is 5.76 Å². The Morgan fingerprint density at radius 3 is 3.14 bits per heavy atom. The molecule has 2 aromatic rings. The van der Waals surface area contributed by atoms with E-state index in [1.165, 1.54) is 11.3 Å². The maximum atomic E-state index is 12.2. The van der Waals surface area contributed by atoms with E-state index in [0.717, 1.165) is 41.6 Å². The van der Waals surface area contributed by atoms with Crippen LogP contribution in [0.15, 0.2) is 21.9 Å². The summed E-state index contributed by atoms with van der Waals surface area (Å²) in [4.78, 5) is 16.7. The Morgan fingerprint density at radius 1 is 1.55 bits per heavy atom. The number of nitrogens with zero attached hydrogens (tertiary/aromatic N) is 1. The van der Waals surface area contributed by atoms with Crippen molar-refractivity contribution in [1.29, 1.82) is 0 Å². The molecule has 0 radical (unpaired) electrons. The number of aryl methyl sites for hydroxylation is 1. The van der Waals surface area contributed by atoms with Gasteiger partial charge in [0.25, 0.3) is 0 Å². The van der Waals surface area contributed by atoms with E-state index in [4.69, 9.17) is 4.42 Å². The topological polar surface area (TPSA) is 67.2 Å². The smallest absolute Gasteiger partial charge is 0.226 e. The lowest BCUT2D eigenvalue weighted by Gasteiger charge is -2.30. The Kier molecular flexibility index (Phi) is 4.59. The Bertz CT molecular complexity index is 649. The first-order valence-electron chi connectivity index (χ1n) is 7.66. The van der Waals surface area contributed by atoms with Gasteiger partial charge in [-0.3, -0.25) is 4.79 Å². The van der Waals surface area contributed by atoms with Gasteiger partial charge < -0.3 is 15.1 Å². The summed E-state index contributed by atoms with van der Waals surface area (Å²) in [7, 11) is 0. The van der Waals surface area contributed by atoms with Crippen molar-refractivity contribution in [2.75, 3.05) is 6.54 Å². The van der Waals surface area contributed by atoms with E-state index < -0.39 is 0 Å². The molecular formula is C16H21N3O2S. The van der Waals surface area contributed by atoms with Crippen molar-refractivity contribution >= 4 is 17.2 Å². The van der Waals surface area contributed by atoms with E-state index >= 15 is 0 Å². The van der Waals surface area contributed by atoms with Gasteiger partial charge in [-0.1, -0.05) is 0 Å². The van der Waals surface area contributed by atoms with Crippen LogP contribution in [0.2, 0.25) is 0 Å². The van der Waals surface area contributed by atoms with Gasteiger partial charge in [-0.2, -0.15) is 0 Å². The minimum Gasteiger partial charge on any atom is -0.459 e. The summed E-state index contributed by atoms with van der Waals surface area (Å²) >= 11 is 1.51. The number of hydrogen-bond acceptors (Lipinski definition) is 5. The Labute approximate surface area is 134 Å². The predicted molar refractivity (Wildman–Crippen MR) is 86.9 cm³/mol. The molecule has 0 aliphatic carbocycles. The fourth-order valence-corrected chi connectivity index (χ4v) is 3.49. The molecule has 1 amide bonds. The number of piperidine rings is 1. The second-order valence-corrected chi connectivity index (χ2v) is 6.65. The summed E-state index contributed by atoms with van der Waals surface area (Å²) in [5, 5.41) is 9.25. The van der Waals surface area contributed by atoms with Crippen LogP contribution in [0.4, 0.5) is 0 Å². The van der Waals surface area contributed by atoms with Crippen molar-refractivity contribution < 1.29 is 9.21 Å². The highest BCUT2D eigenvalue weighted by molar-refractivity contribution is 7.13. The molecule has 1 aliphatic rings. The van der Waals surface area contributed by atoms with Crippen molar-refractivity contribution in [3.05, 3.63) is 29.0 Å². The number of hydrogen-bond donors (Lipinski definition) is 2. The molecule has 0 spiro atoms. The first kappa shape index (κ1) is 15.2. The average molecular weight is 319 g/mol. The van der Waals surface area contributed by atoms with E-state index in [1.807, 2.05) is 24.4 Å². The van der Waals surface area contributed by atoms with Gasteiger partial charge in [-0.25, -0.2) is 4.98 Å². The summed E-state index contributed by atoms with van der Waals surface area (Å²) in [6, 6.07) is 4.37. The molecule has 3 rings (SSSR count). The zero-order valence-corrected chi connectivity index (χ0v) is 13.7. The second-order valence-electron chi connectivity index (χ2n) is 5.79. The number of aromatic nitrogens is 1. The quantitative estimate of drug-likeness (QED) is 0.909. The van der Waals surface area contributed by atoms with E-state index in [-0.39, 0.29) is 11.9 Å². The molecular weight excluding hydrogens is 298 g/mol. The van der Waals surface area contributed by atoms with Gasteiger partial charge in [-0.15, -0.1) is 11.3 Å². The molecule has 1 aliphatic heterocycles. The van der Waals surface area contributed by atoms with Crippen molar-refractivity contribution in [3.63, 3.8) is 0 Å². The number of furan rings is 1. The molecule has 5 nitrogen and oxygen atoms in total. The van der Waals surface area contributed by atoms with E-state index in [0.29, 0.717) is 12.5 Å². The highest BCUT2D eigenvalue weighted by Gasteiger charge is 2.22. The third kappa shape index (κ3) is 3.56. The normalized spacial score (nSPS) is 21.7. The molecule has 0 saturated carbocycles. The van der Waals surface area contributed by atoms with Crippen LogP contribution in [0, 0.1) is 6.92 Å². The maximum absolute atomic E-state index is 12.2. The molecule has 0 aromatic carbocycles. The molecule has 22 heavy (non-hydrogen) atoms. The van der Waals surface area contributed by atoms with Crippen LogP contribution in [0.3, 0.4) is 0 Å². The molecule has 0 bridgehead atoms. The van der Waals surface area contributed by atoms with Gasteiger partial charge in [0.2, 0.25) is 5.91 Å². The zero-order valence-electron chi connectivity index (χ0n) is 12.9. The Balaban J connectivity index is 1.59. The summed E-state index contributed by atoms with van der Waals surface area (Å²) < 4.78 is 5.56. The molecule has 2 atom stereocenters. The fraction of sp³-hybridized carbons (Fsp3) is 0.500. The largest absolute Gasteiger partial charge is 0.459 e. The fourth-order valence-electron chi connectivity index (χ4n) is 2.71. The van der Waals surface area contributed by atoms with Crippen LogP contribution in [-0.2, 0) is 11.2 Å². The van der Waals surface area contributed by atoms with Gasteiger partial charge >= 0.3 is 0 Å². The van der Waals surface area contributed by atoms with Gasteiger partial charge in [-0.05, 0) is 45.4 Å². The lowest BCUT2D eigenvalue weighted by molar-refractivity contribution is -0.121. The lowest BCUT2D eigenvalue weighted by atomic mass is 10.00. The SMILES string of the molecule is Cc1ccc(-c2nc(CC(=O)NC3CCCNC3C)cs2)o1. The lowest BCUT2D eigenvalue weighted by Crippen LogP contribution is -2.52. The van der Waals surface area contributed by atoms with Crippen LogP contribution in [0.5, 0.6) is 0 Å². The standard InChI is InChI=1S/C16H21N3O2S/c1-10-5-6-14(21-10)16-18-12(9-22-16)8-15(20)19-13-4-3-7-17-11(13)2/h5-6,9,11,13,17H,3-4,7-8H2,1-2H3,(H,19,20). The molecule has 2 N–H and O–H groups in total. The average Bonchev–Trinajstić information content (AvgIpc) is 3.10. The van der Waals surface area contributed by atoms with Crippen LogP contribution in [-0.4, -0.2) is 29.5 Å². The van der Waals surface area contributed by atoms with Crippen LogP contribution >= 0.6 is 11.3 Å². The minimum absolute atomic E-state index is 0.0352. The molecule has 1 saturated heterocycles. The van der Waals surface area contributed by atoms with Crippen molar-refractivity contribution in [3.8, 4) is 10.8 Å². The number of nitrogens with one attached hydrogen (secondary N) is 2. The monoisotopic (exact) mass is 319 g/mol. The molecule has 1 fully saturated rings. The highest BCUT2D eigenvalue weighted by Crippen LogP contribution is 2.25. The summed E-state index contributed by atoms with van der Waals surface area (Å²) in [6.45, 7) is 5.06. The van der Waals surface area contributed by atoms with Crippen LogP contribution in [0.1, 0.15) is 31.2 Å². The van der Waals surface area contributed by atoms with Gasteiger partial charge in [0, 0.05) is 17.5 Å². The summed E-state index contributed by atoms with van der Waals surface area (Å²) in [5.41, 5.74) is 0.794. The maximum Gasteiger partial charge on any atom is 0.226 e. The van der Waals surface area contributed by atoms with Crippen molar-refractivity contribution in [2.45, 2.75) is 45.2 Å². The molecule has 2 unspecified atom stereocenters. The van der Waals surface area contributed by atoms with Gasteiger partial charge in [0.05, 0.1) is 12.1 Å². The van der Waals surface area contributed by atoms with Crippen LogP contribution < -0.4 is 10.6 Å². The first-order valence-corrected chi connectivity index (χ1v) is 8.54. The zero-order chi connectivity index (χ0) is 15.5. The summed E-state index contributed by atoms with van der Waals surface area (Å²) in [5.74, 6) is 1.66. The first-order chi connectivity index (χ1) is 10.6. The third-order valence-electron chi connectivity index (χ3n) is 3.95. The number of carbonyl (C=O) groups excluding carboxylic acids is 1. The van der Waals surface area contributed by atoms with E-state index in [1.54, 1.807) is 0 Å². The Hall–Kier alpha value is -1.66. The molecule has 6 heteroatoms. The van der Waals surface area contributed by atoms with Crippen molar-refractivity contribution in [2.24, 2.45) is 0 Å². The summed E-state index contributed by atoms with van der Waals surface area (Å²) in [6.07, 6.45) is 2.46. The second kappa shape index (κ2) is 6.62.